The van der Waals surface area contributed by atoms with Crippen LogP contribution < -0.4 is 0 Å². The summed E-state index contributed by atoms with van der Waals surface area (Å²) < 4.78 is -0.681. The van der Waals surface area contributed by atoms with E-state index in [1.54, 1.807) is 0 Å². The molecular formula is C27H32Cl2Hf-2. The van der Waals surface area contributed by atoms with E-state index >= 15 is 0 Å². The van der Waals surface area contributed by atoms with Crippen LogP contribution in [0.15, 0.2) is 72.8 Å². The quantitative estimate of drug-likeness (QED) is 0.107. The molecule has 4 rings (SSSR count). The fourth-order valence-corrected chi connectivity index (χ4v) is 3.44. The van der Waals surface area contributed by atoms with Gasteiger partial charge in [0, 0.05) is 25.8 Å². The first-order valence-corrected chi connectivity index (χ1v) is 10.8. The summed E-state index contributed by atoms with van der Waals surface area (Å²) >= 11 is 12.5. The molecule has 0 unspecified atom stereocenters. The molecule has 0 nitrogen and oxygen atoms in total. The van der Waals surface area contributed by atoms with Gasteiger partial charge in [-0.2, -0.15) is 48.0 Å². The van der Waals surface area contributed by atoms with Crippen LogP contribution in [0.5, 0.6) is 0 Å². The van der Waals surface area contributed by atoms with Crippen LogP contribution in [0.4, 0.5) is 0 Å². The minimum atomic E-state index is -0.681. The van der Waals surface area contributed by atoms with Gasteiger partial charge in [-0.3, -0.25) is 0 Å². The second-order valence-electron chi connectivity index (χ2n) is 9.43. The third-order valence-electron chi connectivity index (χ3n) is 5.06. The van der Waals surface area contributed by atoms with Crippen molar-refractivity contribution in [1.82, 2.24) is 0 Å². The van der Waals surface area contributed by atoms with E-state index in [1.165, 1.54) is 22.3 Å². The van der Waals surface area contributed by atoms with Crippen LogP contribution in [0.25, 0.3) is 11.1 Å². The van der Waals surface area contributed by atoms with Crippen molar-refractivity contribution in [3.05, 3.63) is 90.0 Å². The van der Waals surface area contributed by atoms with Gasteiger partial charge in [0.2, 0.25) is 0 Å². The van der Waals surface area contributed by atoms with E-state index in [4.69, 9.17) is 23.2 Å². The molecule has 0 heterocycles. The Morgan fingerprint density at radius 2 is 1.30 bits per heavy atom. The van der Waals surface area contributed by atoms with E-state index in [2.05, 4.69) is 84.0 Å². The molecule has 0 fully saturated rings. The minimum absolute atomic E-state index is 0. The number of hydrogen-bond acceptors (Lipinski definition) is 0. The van der Waals surface area contributed by atoms with Crippen LogP contribution in [0.2, 0.25) is 0 Å². The van der Waals surface area contributed by atoms with Crippen molar-refractivity contribution in [2.75, 3.05) is 0 Å². The predicted octanol–water partition coefficient (Wildman–Crippen LogP) is 8.71. The second kappa shape index (κ2) is 11.2. The van der Waals surface area contributed by atoms with E-state index in [0.717, 1.165) is 6.42 Å². The van der Waals surface area contributed by atoms with E-state index in [1.807, 2.05) is 36.4 Å². The Morgan fingerprint density at radius 3 is 1.77 bits per heavy atom. The Morgan fingerprint density at radius 1 is 0.767 bits per heavy atom. The molecule has 1 aliphatic rings. The van der Waals surface area contributed by atoms with Crippen LogP contribution >= 0.6 is 23.2 Å². The first kappa shape index (κ1) is 27.3. The molecule has 0 atom stereocenters. The van der Waals surface area contributed by atoms with Gasteiger partial charge in [-0.1, -0.05) is 76.9 Å². The fraction of sp³-hybridized carbons (Fsp3) is 0.370. The zero-order valence-corrected chi connectivity index (χ0v) is 24.0. The second-order valence-corrected chi connectivity index (χ2v) is 10.8. The van der Waals surface area contributed by atoms with Gasteiger partial charge in [-0.15, -0.1) is 28.8 Å². The summed E-state index contributed by atoms with van der Waals surface area (Å²) in [5, 5.41) is 0. The van der Waals surface area contributed by atoms with Crippen LogP contribution in [0, 0.1) is 16.9 Å². The molecule has 160 valence electrons. The molecule has 30 heavy (non-hydrogen) atoms. The first-order chi connectivity index (χ1) is 13.4. The molecule has 0 radical (unpaired) electrons. The number of hydrogen-bond donors (Lipinski definition) is 0. The summed E-state index contributed by atoms with van der Waals surface area (Å²) in [4.78, 5) is 0. The molecule has 0 spiro atoms. The predicted molar refractivity (Wildman–Crippen MR) is 129 cm³/mol. The maximum Gasteiger partial charge on any atom is 0.127 e. The van der Waals surface area contributed by atoms with Crippen molar-refractivity contribution >= 4 is 23.2 Å². The fourth-order valence-electron chi connectivity index (χ4n) is 3.44. The molecule has 0 aromatic heterocycles. The molecule has 1 aliphatic carbocycles. The third kappa shape index (κ3) is 6.87. The molecule has 3 aromatic rings. The summed E-state index contributed by atoms with van der Waals surface area (Å²) in [7, 11) is 0. The van der Waals surface area contributed by atoms with Crippen LogP contribution in [-0.2, 0) is 32.3 Å². The van der Waals surface area contributed by atoms with Crippen molar-refractivity contribution in [3.63, 3.8) is 0 Å². The summed E-state index contributed by atoms with van der Waals surface area (Å²) in [6, 6.07) is 28.1. The third-order valence-corrected chi connectivity index (χ3v) is 7.32. The van der Waals surface area contributed by atoms with Crippen LogP contribution in [-0.4, -0.2) is 4.33 Å². The Hall–Kier alpha value is -0.760. The van der Waals surface area contributed by atoms with Gasteiger partial charge in [0.25, 0.3) is 0 Å². The Kier molecular flexibility index (Phi) is 10.2. The monoisotopic (exact) mass is 606 g/mol. The molecule has 0 saturated carbocycles. The smallest absolute Gasteiger partial charge is 0.127 e. The maximum absolute atomic E-state index is 6.25. The number of benzene rings is 2. The topological polar surface area (TPSA) is 0 Å². The van der Waals surface area contributed by atoms with E-state index in [0.29, 0.717) is 0 Å². The average Bonchev–Trinajstić information content (AvgIpc) is 3.32. The molecule has 3 heteroatoms. The molecule has 3 aromatic carbocycles. The van der Waals surface area contributed by atoms with Gasteiger partial charge in [-0.05, 0) is 17.3 Å². The van der Waals surface area contributed by atoms with Crippen molar-refractivity contribution in [1.29, 1.82) is 0 Å². The summed E-state index contributed by atoms with van der Waals surface area (Å²) in [6.07, 6.45) is 1.05. The van der Waals surface area contributed by atoms with Gasteiger partial charge < -0.3 is 0 Å². The van der Waals surface area contributed by atoms with Gasteiger partial charge in [-0.25, -0.2) is 12.1 Å². The van der Waals surface area contributed by atoms with Crippen LogP contribution in [0.1, 0.15) is 52.7 Å². The van der Waals surface area contributed by atoms with E-state index < -0.39 is 4.33 Å². The Bertz CT molecular complexity index is 805. The maximum atomic E-state index is 6.25. The average molecular weight is 606 g/mol. The van der Waals surface area contributed by atoms with E-state index in [-0.39, 0.29) is 36.7 Å². The largest absolute Gasteiger partial charge is 0.214 e. The minimum Gasteiger partial charge on any atom is -0.214 e. The van der Waals surface area contributed by atoms with Gasteiger partial charge >= 0.3 is 0 Å². The number of alkyl halides is 2. The molecule has 0 saturated heterocycles. The van der Waals surface area contributed by atoms with Crippen molar-refractivity contribution in [2.24, 2.45) is 10.8 Å². The Balaban J connectivity index is 0.000000241. The Labute approximate surface area is 212 Å². The van der Waals surface area contributed by atoms with Crippen molar-refractivity contribution in [2.45, 2.75) is 52.3 Å². The zero-order valence-electron chi connectivity index (χ0n) is 18.9. The normalized spacial score (nSPS) is 12.3. The first-order valence-electron chi connectivity index (χ1n) is 10.1. The summed E-state index contributed by atoms with van der Waals surface area (Å²) in [5.41, 5.74) is 5.33. The van der Waals surface area contributed by atoms with Crippen molar-refractivity contribution in [3.8, 4) is 11.1 Å². The van der Waals surface area contributed by atoms with Crippen LogP contribution in [0.3, 0.4) is 0 Å². The molecule has 0 bridgehead atoms. The molecule has 0 N–H and O–H groups in total. The van der Waals surface area contributed by atoms with Gasteiger partial charge in [0.1, 0.15) is 4.33 Å². The number of rotatable bonds is 0. The molecule has 0 aliphatic heterocycles. The number of halogens is 2. The van der Waals surface area contributed by atoms with E-state index in [9.17, 15) is 0 Å². The zero-order chi connectivity index (χ0) is 21.7. The van der Waals surface area contributed by atoms with Crippen molar-refractivity contribution < 1.29 is 25.8 Å². The summed E-state index contributed by atoms with van der Waals surface area (Å²) in [5.74, 6) is 0. The van der Waals surface area contributed by atoms with Gasteiger partial charge in [0.15, 0.2) is 0 Å². The molecule has 0 amide bonds. The SMILES string of the molecule is CC(C)(C)C(Cl)(Cl)C(C)(C)C.[Hf].[c-]1cccc2c1Cc1ccccc1-2.c1cc[cH-]c1. The molecular weight excluding hydrogens is 574 g/mol. The standard InChI is InChI=1S/C13H9.C9H18Cl2.C5H5.Hf/c1-3-7-12-10(5-1)9-11-6-2-4-8-13(11)12;1-7(2,3)9(10,11)8(4,5)6;1-2-4-5-3-1;/h1-5,7-8H,9H2;1-6H3;1-5H;/q-1;;-1;. The number of fused-ring (bicyclic) bond motifs is 3. The van der Waals surface area contributed by atoms with Gasteiger partial charge in [0.05, 0.1) is 0 Å². The summed E-state index contributed by atoms with van der Waals surface area (Å²) in [6.45, 7) is 12.3.